The molecule has 2 aliphatic rings. The van der Waals surface area contributed by atoms with Crippen molar-refractivity contribution in [2.45, 2.75) is 49.9 Å². The fourth-order valence-electron chi connectivity index (χ4n) is 4.44. The van der Waals surface area contributed by atoms with Gasteiger partial charge in [0.15, 0.2) is 22.8 Å². The third-order valence-corrected chi connectivity index (χ3v) is 6.81. The average molecular weight is 534 g/mol. The van der Waals surface area contributed by atoms with Crippen molar-refractivity contribution in [3.8, 4) is 5.75 Å². The molecular weight excluding hydrogens is 510 g/mol. The second-order valence-corrected chi connectivity index (χ2v) is 9.35. The molecule has 2 aromatic rings. The molecule has 13 heteroatoms. The molecule has 1 amide bonds. The van der Waals surface area contributed by atoms with Gasteiger partial charge < -0.3 is 24.6 Å². The van der Waals surface area contributed by atoms with Crippen LogP contribution in [0.2, 0.25) is 0 Å². The van der Waals surface area contributed by atoms with Crippen LogP contribution in [-0.2, 0) is 20.9 Å². The number of anilines is 1. The van der Waals surface area contributed by atoms with Crippen molar-refractivity contribution in [3.05, 3.63) is 53.4 Å². The van der Waals surface area contributed by atoms with E-state index < -0.39 is 71.9 Å². The Labute approximate surface area is 207 Å². The van der Waals surface area contributed by atoms with Gasteiger partial charge in [0.25, 0.3) is 5.91 Å². The molecule has 0 bridgehead atoms. The van der Waals surface area contributed by atoms with E-state index >= 15 is 0 Å². The Morgan fingerprint density at radius 3 is 2.57 bits per heavy atom. The van der Waals surface area contributed by atoms with Crippen molar-refractivity contribution < 1.29 is 50.5 Å². The number of nitrogens with zero attached hydrogens (tertiary/aromatic N) is 1. The summed E-state index contributed by atoms with van der Waals surface area (Å²) in [6, 6.07) is 4.35. The first-order chi connectivity index (χ1) is 17.3. The first-order valence-corrected chi connectivity index (χ1v) is 11.3. The van der Waals surface area contributed by atoms with Crippen LogP contribution >= 0.6 is 0 Å². The Bertz CT molecular complexity index is 1170. The summed E-state index contributed by atoms with van der Waals surface area (Å²) in [4.78, 5) is 17.1. The van der Waals surface area contributed by atoms with Gasteiger partial charge in [-0.1, -0.05) is 13.0 Å². The maximum Gasteiger partial charge on any atom is 0.417 e. The number of amides is 1. The van der Waals surface area contributed by atoms with E-state index in [2.05, 4.69) is 10.3 Å². The van der Waals surface area contributed by atoms with E-state index in [4.69, 9.17) is 14.2 Å². The smallest absolute Gasteiger partial charge is 0.417 e. The van der Waals surface area contributed by atoms with E-state index in [-0.39, 0.29) is 30.2 Å². The molecule has 1 aromatic carbocycles. The average Bonchev–Trinajstić information content (AvgIpc) is 3.10. The molecule has 2 aliphatic heterocycles. The number of hydrogen-bond donors (Lipinski definition) is 2. The largest absolute Gasteiger partial charge is 0.487 e. The Hall–Kier alpha value is -2.90. The highest BCUT2D eigenvalue weighted by atomic mass is 19.4. The number of aliphatic hydroxyl groups excluding tert-OH is 1. The van der Waals surface area contributed by atoms with E-state index in [1.165, 1.54) is 25.3 Å². The van der Waals surface area contributed by atoms with Gasteiger partial charge in [0.1, 0.15) is 12.7 Å². The number of pyridine rings is 1. The number of alkyl halides is 4. The molecule has 4 atom stereocenters. The molecule has 7 nitrogen and oxygen atoms in total. The van der Waals surface area contributed by atoms with Crippen LogP contribution in [0.4, 0.5) is 32.0 Å². The van der Waals surface area contributed by atoms with Crippen molar-refractivity contribution in [1.29, 1.82) is 0 Å². The molecule has 0 spiro atoms. The summed E-state index contributed by atoms with van der Waals surface area (Å²) >= 11 is 0. The van der Waals surface area contributed by atoms with Crippen LogP contribution in [0.3, 0.4) is 0 Å². The predicted octanol–water partition coefficient (Wildman–Crippen LogP) is 4.05. The fourth-order valence-corrected chi connectivity index (χ4v) is 4.44. The van der Waals surface area contributed by atoms with Crippen molar-refractivity contribution >= 4 is 11.6 Å². The number of hydrogen-bond acceptors (Lipinski definition) is 6. The Morgan fingerprint density at radius 2 is 1.97 bits per heavy atom. The topological polar surface area (TPSA) is 89.9 Å². The first-order valence-electron chi connectivity index (χ1n) is 11.3. The highest BCUT2D eigenvalue weighted by Crippen LogP contribution is 2.55. The number of aromatic nitrogens is 1. The fraction of sp³-hybridized carbons (Fsp3) is 0.500. The van der Waals surface area contributed by atoms with E-state index in [0.29, 0.717) is 6.07 Å². The molecule has 202 valence electrons. The highest BCUT2D eigenvalue weighted by molar-refractivity contribution is 5.95. The van der Waals surface area contributed by atoms with E-state index in [0.717, 1.165) is 13.0 Å². The zero-order valence-electron chi connectivity index (χ0n) is 19.7. The number of nitrogens with one attached hydrogen (secondary N) is 1. The molecule has 0 saturated carbocycles. The molecule has 2 fully saturated rings. The van der Waals surface area contributed by atoms with Gasteiger partial charge in [-0.2, -0.15) is 17.6 Å². The number of aliphatic hydroxyl groups is 1. The predicted molar refractivity (Wildman–Crippen MR) is 117 cm³/mol. The lowest BCUT2D eigenvalue weighted by molar-refractivity contribution is -0.272. The zero-order valence-corrected chi connectivity index (χ0v) is 19.7. The van der Waals surface area contributed by atoms with Gasteiger partial charge >= 0.3 is 6.18 Å². The first kappa shape index (κ1) is 27.1. The summed E-state index contributed by atoms with van der Waals surface area (Å²) in [7, 11) is 0. The van der Waals surface area contributed by atoms with E-state index in [1.54, 1.807) is 0 Å². The molecule has 37 heavy (non-hydrogen) atoms. The maximum atomic E-state index is 14.9. The van der Waals surface area contributed by atoms with E-state index in [9.17, 15) is 36.2 Å². The zero-order chi connectivity index (χ0) is 27.2. The minimum absolute atomic E-state index is 0.116. The van der Waals surface area contributed by atoms with Crippen molar-refractivity contribution in [3.63, 3.8) is 0 Å². The molecule has 0 aliphatic carbocycles. The number of ether oxygens (including phenoxy) is 3. The summed E-state index contributed by atoms with van der Waals surface area (Å²) in [5.41, 5.74) is -4.80. The molecule has 1 aromatic heterocycles. The summed E-state index contributed by atoms with van der Waals surface area (Å²) in [6.45, 7) is 0.0468. The number of benzene rings is 1. The SMILES string of the molecule is C[C@H]1[C@@H](c2ccc(F)c(F)c2OCC2(F)COC2)[C@H](C(=O)Nc2ccnc(CO)c2)O[C@@]1(C)C(F)(F)F. The Morgan fingerprint density at radius 1 is 1.27 bits per heavy atom. The summed E-state index contributed by atoms with van der Waals surface area (Å²) < 4.78 is 101. The number of halogens is 6. The minimum Gasteiger partial charge on any atom is -0.487 e. The standard InChI is InChI=1S/C24H24F6N2O5/c1-12-17(15-3-4-16(25)18(26)19(15)36-11-23(27)9-35-10-23)20(37-22(12,2)24(28,29)30)21(34)32-13-5-6-31-14(7-13)8-33/h3-7,12,17,20,33H,8-11H2,1-2H3,(H,31,32,34)/t12-,17-,20+,22+/m0/s1. The van der Waals surface area contributed by atoms with Gasteiger partial charge in [0, 0.05) is 29.3 Å². The monoisotopic (exact) mass is 534 g/mol. The van der Waals surface area contributed by atoms with Gasteiger partial charge in [0.2, 0.25) is 5.82 Å². The van der Waals surface area contributed by atoms with Crippen molar-refractivity contribution in [1.82, 2.24) is 4.98 Å². The lowest BCUT2D eigenvalue weighted by atomic mass is 9.77. The normalized spacial score (nSPS) is 27.0. The summed E-state index contributed by atoms with van der Waals surface area (Å²) in [6.07, 6.45) is -5.49. The molecular formula is C24H24F6N2O5. The van der Waals surface area contributed by atoms with Crippen LogP contribution in [0.5, 0.6) is 5.75 Å². The van der Waals surface area contributed by atoms with Crippen LogP contribution in [0, 0.1) is 17.6 Å². The molecule has 2 N–H and O–H groups in total. The Kier molecular flexibility index (Phi) is 7.16. The Balaban J connectivity index is 1.74. The van der Waals surface area contributed by atoms with Crippen LogP contribution in [-0.4, -0.2) is 59.4 Å². The molecule has 0 radical (unpaired) electrons. The molecule has 4 rings (SSSR count). The van der Waals surface area contributed by atoms with Crippen LogP contribution in [0.1, 0.15) is 31.0 Å². The third-order valence-electron chi connectivity index (χ3n) is 6.81. The number of carbonyl (C=O) groups is 1. The highest BCUT2D eigenvalue weighted by Gasteiger charge is 2.66. The van der Waals surface area contributed by atoms with Crippen LogP contribution in [0.15, 0.2) is 30.5 Å². The quantitative estimate of drug-likeness (QED) is 0.522. The number of carbonyl (C=O) groups excluding carboxylic acids is 1. The van der Waals surface area contributed by atoms with Crippen LogP contribution in [0.25, 0.3) is 0 Å². The maximum absolute atomic E-state index is 14.9. The summed E-state index contributed by atoms with van der Waals surface area (Å²) in [5.74, 6) is -7.66. The van der Waals surface area contributed by atoms with Crippen molar-refractivity contribution in [2.24, 2.45) is 5.92 Å². The van der Waals surface area contributed by atoms with Crippen molar-refractivity contribution in [2.75, 3.05) is 25.1 Å². The number of rotatable bonds is 7. The van der Waals surface area contributed by atoms with Gasteiger partial charge in [-0.3, -0.25) is 9.78 Å². The molecule has 0 unspecified atom stereocenters. The second kappa shape index (κ2) is 9.76. The molecule has 2 saturated heterocycles. The lowest BCUT2D eigenvalue weighted by Crippen LogP contribution is -2.50. The van der Waals surface area contributed by atoms with E-state index in [1.807, 2.05) is 0 Å². The minimum atomic E-state index is -4.94. The van der Waals surface area contributed by atoms with Gasteiger partial charge in [-0.05, 0) is 25.1 Å². The second-order valence-electron chi connectivity index (χ2n) is 9.35. The van der Waals surface area contributed by atoms with Gasteiger partial charge in [-0.25, -0.2) is 8.78 Å². The lowest BCUT2D eigenvalue weighted by Gasteiger charge is -2.34. The van der Waals surface area contributed by atoms with Crippen LogP contribution < -0.4 is 10.1 Å². The third kappa shape index (κ3) is 4.99. The van der Waals surface area contributed by atoms with Gasteiger partial charge in [0.05, 0.1) is 25.5 Å². The summed E-state index contributed by atoms with van der Waals surface area (Å²) in [5, 5.41) is 11.7. The van der Waals surface area contributed by atoms with Gasteiger partial charge in [-0.15, -0.1) is 0 Å². The molecule has 3 heterocycles.